The minimum Gasteiger partial charge on any atom is -0.454 e. The molecule has 4 aromatic rings. The van der Waals surface area contributed by atoms with E-state index in [0.29, 0.717) is 33.5 Å². The molecule has 0 amide bonds. The fraction of sp³-hybridized carbons (Fsp3) is 0.0769. The van der Waals surface area contributed by atoms with Gasteiger partial charge < -0.3 is 9.47 Å². The number of ether oxygens (including phenoxy) is 2. The molecule has 3 aromatic carbocycles. The molecule has 0 aliphatic rings. The Labute approximate surface area is 198 Å². The second-order valence-corrected chi connectivity index (χ2v) is 8.11. The van der Waals surface area contributed by atoms with Crippen molar-refractivity contribution in [1.29, 1.82) is 0 Å². The zero-order valence-electron chi connectivity index (χ0n) is 17.6. The number of hydrogen-bond acceptors (Lipinski definition) is 6. The Bertz CT molecular complexity index is 1350. The number of halogens is 1. The Hall–Kier alpha value is -3.84. The number of benzene rings is 3. The number of pyridine rings is 1. The molecule has 0 bridgehead atoms. The van der Waals surface area contributed by atoms with Crippen molar-refractivity contribution in [2.75, 3.05) is 6.61 Å². The highest BCUT2D eigenvalue weighted by Gasteiger charge is 2.17. The standard InChI is InChI=1S/C26H18BrNO5/c1-16(29)33-20-12-8-18(9-13-20)25(30)15-32-26(31)22-14-24(17-6-10-19(27)11-7-17)28-23-5-3-2-4-21(22)23/h2-14H,15H2,1H3. The van der Waals surface area contributed by atoms with Crippen LogP contribution in [-0.4, -0.2) is 29.3 Å². The average Bonchev–Trinajstić information content (AvgIpc) is 2.82. The average molecular weight is 504 g/mol. The summed E-state index contributed by atoms with van der Waals surface area (Å²) in [5.41, 5.74) is 2.80. The Morgan fingerprint density at radius 1 is 0.909 bits per heavy atom. The van der Waals surface area contributed by atoms with Gasteiger partial charge in [-0.15, -0.1) is 0 Å². The van der Waals surface area contributed by atoms with Gasteiger partial charge in [0.05, 0.1) is 16.8 Å². The van der Waals surface area contributed by atoms with Gasteiger partial charge in [-0.05, 0) is 48.5 Å². The van der Waals surface area contributed by atoms with Crippen LogP contribution >= 0.6 is 15.9 Å². The van der Waals surface area contributed by atoms with Crippen molar-refractivity contribution in [2.45, 2.75) is 6.92 Å². The van der Waals surface area contributed by atoms with E-state index in [1.807, 2.05) is 42.5 Å². The molecule has 33 heavy (non-hydrogen) atoms. The number of ketones is 1. The highest BCUT2D eigenvalue weighted by atomic mass is 79.9. The SMILES string of the molecule is CC(=O)Oc1ccc(C(=O)COC(=O)c2cc(-c3ccc(Br)cc3)nc3ccccc23)cc1. The predicted molar refractivity (Wildman–Crippen MR) is 127 cm³/mol. The maximum absolute atomic E-state index is 12.9. The van der Waals surface area contributed by atoms with Crippen LogP contribution < -0.4 is 4.74 Å². The third-order valence-corrected chi connectivity index (χ3v) is 5.38. The summed E-state index contributed by atoms with van der Waals surface area (Å²) in [4.78, 5) is 41.1. The summed E-state index contributed by atoms with van der Waals surface area (Å²) in [6.07, 6.45) is 0. The summed E-state index contributed by atoms with van der Waals surface area (Å²) in [5.74, 6) is -1.10. The number of para-hydroxylation sites is 1. The lowest BCUT2D eigenvalue weighted by molar-refractivity contribution is -0.131. The van der Waals surface area contributed by atoms with Crippen LogP contribution in [0.1, 0.15) is 27.6 Å². The molecule has 6 nitrogen and oxygen atoms in total. The van der Waals surface area contributed by atoms with E-state index in [4.69, 9.17) is 9.47 Å². The van der Waals surface area contributed by atoms with Crippen LogP contribution in [0.15, 0.2) is 83.3 Å². The first-order chi connectivity index (χ1) is 15.9. The van der Waals surface area contributed by atoms with Gasteiger partial charge in [-0.25, -0.2) is 9.78 Å². The Morgan fingerprint density at radius 2 is 1.61 bits per heavy atom. The van der Waals surface area contributed by atoms with E-state index >= 15 is 0 Å². The van der Waals surface area contributed by atoms with Crippen LogP contribution in [0.3, 0.4) is 0 Å². The molecule has 0 saturated heterocycles. The molecule has 1 aromatic heterocycles. The maximum Gasteiger partial charge on any atom is 0.339 e. The smallest absolute Gasteiger partial charge is 0.339 e. The summed E-state index contributed by atoms with van der Waals surface area (Å²) in [6, 6.07) is 22.6. The number of aromatic nitrogens is 1. The number of nitrogens with zero attached hydrogens (tertiary/aromatic N) is 1. The van der Waals surface area contributed by atoms with Crippen molar-refractivity contribution in [3.8, 4) is 17.0 Å². The number of hydrogen-bond donors (Lipinski definition) is 0. The second-order valence-electron chi connectivity index (χ2n) is 7.20. The number of rotatable bonds is 6. The van der Waals surface area contributed by atoms with Crippen molar-refractivity contribution in [1.82, 2.24) is 4.98 Å². The molecule has 0 unspecified atom stereocenters. The molecule has 4 rings (SSSR count). The van der Waals surface area contributed by atoms with Crippen molar-refractivity contribution in [3.05, 3.63) is 94.5 Å². The molecule has 0 spiro atoms. The van der Waals surface area contributed by atoms with E-state index in [-0.39, 0.29) is 5.78 Å². The first-order valence-corrected chi connectivity index (χ1v) is 10.8. The van der Waals surface area contributed by atoms with E-state index in [9.17, 15) is 14.4 Å². The number of Topliss-reactive ketones (excluding diaryl/α,β-unsaturated/α-hetero) is 1. The van der Waals surface area contributed by atoms with Gasteiger partial charge in [0, 0.05) is 27.9 Å². The number of carbonyl (C=O) groups excluding carboxylic acids is 3. The largest absolute Gasteiger partial charge is 0.454 e. The molecule has 0 aliphatic carbocycles. The first kappa shape index (κ1) is 22.4. The zero-order chi connectivity index (χ0) is 23.4. The van der Waals surface area contributed by atoms with Crippen LogP contribution in [0.2, 0.25) is 0 Å². The van der Waals surface area contributed by atoms with Gasteiger partial charge in [0.25, 0.3) is 0 Å². The van der Waals surface area contributed by atoms with Gasteiger partial charge in [0.15, 0.2) is 12.4 Å². The summed E-state index contributed by atoms with van der Waals surface area (Å²) >= 11 is 3.41. The molecule has 1 heterocycles. The van der Waals surface area contributed by atoms with Gasteiger partial charge in [-0.3, -0.25) is 9.59 Å². The molecular weight excluding hydrogens is 486 g/mol. The van der Waals surface area contributed by atoms with Gasteiger partial charge in [-0.2, -0.15) is 0 Å². The van der Waals surface area contributed by atoms with Crippen LogP contribution in [0.4, 0.5) is 0 Å². The Morgan fingerprint density at radius 3 is 2.30 bits per heavy atom. The number of esters is 2. The van der Waals surface area contributed by atoms with Crippen LogP contribution in [0.5, 0.6) is 5.75 Å². The fourth-order valence-electron chi connectivity index (χ4n) is 3.28. The third-order valence-electron chi connectivity index (χ3n) is 4.85. The topological polar surface area (TPSA) is 82.6 Å². The number of fused-ring (bicyclic) bond motifs is 1. The predicted octanol–water partition coefficient (Wildman–Crippen LogP) is 5.63. The molecule has 7 heteroatoms. The lowest BCUT2D eigenvalue weighted by atomic mass is 10.0. The molecule has 0 saturated carbocycles. The molecular formula is C26H18BrNO5. The van der Waals surface area contributed by atoms with Crippen molar-refractivity contribution in [2.24, 2.45) is 0 Å². The number of carbonyl (C=O) groups is 3. The van der Waals surface area contributed by atoms with E-state index in [2.05, 4.69) is 20.9 Å². The highest BCUT2D eigenvalue weighted by Crippen LogP contribution is 2.26. The van der Waals surface area contributed by atoms with E-state index in [0.717, 1.165) is 10.0 Å². The van der Waals surface area contributed by atoms with Gasteiger partial charge in [0.1, 0.15) is 5.75 Å². The zero-order valence-corrected chi connectivity index (χ0v) is 19.2. The quantitative estimate of drug-likeness (QED) is 0.192. The molecule has 0 radical (unpaired) electrons. The van der Waals surface area contributed by atoms with Gasteiger partial charge in [-0.1, -0.05) is 46.3 Å². The van der Waals surface area contributed by atoms with Crippen molar-refractivity contribution >= 4 is 44.6 Å². The lowest BCUT2D eigenvalue weighted by Gasteiger charge is -2.10. The van der Waals surface area contributed by atoms with Crippen LogP contribution in [-0.2, 0) is 9.53 Å². The summed E-state index contributed by atoms with van der Waals surface area (Å²) in [5, 5.41) is 0.640. The maximum atomic E-state index is 12.9. The third kappa shape index (κ3) is 5.32. The molecule has 164 valence electrons. The van der Waals surface area contributed by atoms with E-state index in [1.54, 1.807) is 12.1 Å². The Kier molecular flexibility index (Phi) is 6.60. The normalized spacial score (nSPS) is 10.6. The molecule has 0 atom stereocenters. The minimum absolute atomic E-state index is 0.330. The van der Waals surface area contributed by atoms with Gasteiger partial charge in [0.2, 0.25) is 0 Å². The highest BCUT2D eigenvalue weighted by molar-refractivity contribution is 9.10. The lowest BCUT2D eigenvalue weighted by Crippen LogP contribution is -2.15. The first-order valence-electron chi connectivity index (χ1n) is 10.1. The summed E-state index contributed by atoms with van der Waals surface area (Å²) in [6.45, 7) is 0.874. The summed E-state index contributed by atoms with van der Waals surface area (Å²) in [7, 11) is 0. The summed E-state index contributed by atoms with van der Waals surface area (Å²) < 4.78 is 11.2. The fourth-order valence-corrected chi connectivity index (χ4v) is 3.54. The Balaban J connectivity index is 1.55. The molecule has 0 N–H and O–H groups in total. The monoisotopic (exact) mass is 503 g/mol. The van der Waals surface area contributed by atoms with Crippen molar-refractivity contribution < 1.29 is 23.9 Å². The van der Waals surface area contributed by atoms with Crippen LogP contribution in [0, 0.1) is 0 Å². The minimum atomic E-state index is -0.614. The van der Waals surface area contributed by atoms with E-state index < -0.39 is 18.5 Å². The molecule has 0 aliphatic heterocycles. The van der Waals surface area contributed by atoms with Crippen molar-refractivity contribution in [3.63, 3.8) is 0 Å². The second kappa shape index (κ2) is 9.75. The van der Waals surface area contributed by atoms with Gasteiger partial charge >= 0.3 is 11.9 Å². The molecule has 0 fully saturated rings. The van der Waals surface area contributed by atoms with E-state index in [1.165, 1.54) is 31.2 Å². The van der Waals surface area contributed by atoms with Crippen LogP contribution in [0.25, 0.3) is 22.2 Å².